The zero-order chi connectivity index (χ0) is 10.6. The van der Waals surface area contributed by atoms with Crippen molar-refractivity contribution in [3.05, 3.63) is 5.56 Å². The molecule has 1 rings (SSSR count). The lowest BCUT2D eigenvalue weighted by molar-refractivity contribution is 0.568. The first-order valence-corrected chi connectivity index (χ1v) is 5.77. The van der Waals surface area contributed by atoms with Crippen LogP contribution in [0.1, 0.15) is 25.3 Å². The van der Waals surface area contributed by atoms with E-state index < -0.39 is 0 Å². The van der Waals surface area contributed by atoms with Crippen LogP contribution in [0, 0.1) is 11.3 Å². The van der Waals surface area contributed by atoms with Crippen LogP contribution < -0.4 is 5.73 Å². The Morgan fingerprint density at radius 2 is 2.36 bits per heavy atom. The molecule has 0 saturated heterocycles. The zero-order valence-corrected chi connectivity index (χ0v) is 9.27. The molecule has 0 aliphatic rings. The van der Waals surface area contributed by atoms with Crippen molar-refractivity contribution in [2.75, 3.05) is 12.0 Å². The minimum atomic E-state index is 0.491. The van der Waals surface area contributed by atoms with Gasteiger partial charge in [0.05, 0.1) is 0 Å². The normalized spacial score (nSPS) is 10.1. The lowest BCUT2D eigenvalue weighted by atomic mass is 10.3. The molecule has 0 aliphatic carbocycles. The molecule has 5 heteroatoms. The number of nitrogen functional groups attached to an aromatic ring is 1. The van der Waals surface area contributed by atoms with Crippen molar-refractivity contribution in [2.45, 2.75) is 31.3 Å². The van der Waals surface area contributed by atoms with E-state index in [1.807, 2.05) is 6.26 Å². The summed E-state index contributed by atoms with van der Waals surface area (Å²) in [5.74, 6) is 0.491. The van der Waals surface area contributed by atoms with Crippen molar-refractivity contribution in [1.82, 2.24) is 9.78 Å². The van der Waals surface area contributed by atoms with Crippen LogP contribution in [0.4, 0.5) is 5.82 Å². The number of nitrogens with two attached hydrogens (primary N) is 1. The van der Waals surface area contributed by atoms with Crippen LogP contribution in [-0.4, -0.2) is 16.0 Å². The molecule has 1 aromatic rings. The van der Waals surface area contributed by atoms with Crippen LogP contribution in [0.2, 0.25) is 0 Å². The molecule has 0 bridgehead atoms. The maximum atomic E-state index is 8.87. The van der Waals surface area contributed by atoms with E-state index in [2.05, 4.69) is 18.1 Å². The van der Waals surface area contributed by atoms with Crippen molar-refractivity contribution < 1.29 is 0 Å². The fraction of sp³-hybridized carbons (Fsp3) is 0.556. The molecule has 0 aliphatic heterocycles. The fourth-order valence-electron chi connectivity index (χ4n) is 1.18. The number of aryl methyl sites for hydroxylation is 1. The molecule has 1 aromatic heterocycles. The largest absolute Gasteiger partial charge is 0.383 e. The van der Waals surface area contributed by atoms with Crippen molar-refractivity contribution in [1.29, 1.82) is 5.26 Å². The molecule has 0 fully saturated rings. The molecule has 2 N–H and O–H groups in total. The smallest absolute Gasteiger partial charge is 0.140 e. The molecule has 0 radical (unpaired) electrons. The Balaban J connectivity index is 2.97. The summed E-state index contributed by atoms with van der Waals surface area (Å²) in [6, 6.07) is 2.08. The van der Waals surface area contributed by atoms with E-state index in [1.165, 1.54) is 11.8 Å². The summed E-state index contributed by atoms with van der Waals surface area (Å²) in [5, 5.41) is 13.9. The van der Waals surface area contributed by atoms with Gasteiger partial charge in [0.1, 0.15) is 22.5 Å². The molecule has 0 atom stereocenters. The molecule has 0 amide bonds. The van der Waals surface area contributed by atoms with Crippen LogP contribution in [-0.2, 0) is 6.54 Å². The maximum absolute atomic E-state index is 8.87. The van der Waals surface area contributed by atoms with Gasteiger partial charge < -0.3 is 5.73 Å². The Morgan fingerprint density at radius 3 is 2.79 bits per heavy atom. The summed E-state index contributed by atoms with van der Waals surface area (Å²) < 4.78 is 1.72. The van der Waals surface area contributed by atoms with E-state index in [4.69, 9.17) is 11.0 Å². The van der Waals surface area contributed by atoms with Gasteiger partial charge in [-0.1, -0.05) is 13.3 Å². The lowest BCUT2D eigenvalue weighted by Gasteiger charge is -2.00. The van der Waals surface area contributed by atoms with Gasteiger partial charge in [-0.2, -0.15) is 10.4 Å². The quantitative estimate of drug-likeness (QED) is 0.770. The number of hydrogen-bond acceptors (Lipinski definition) is 4. The average Bonchev–Trinajstić information content (AvgIpc) is 2.51. The highest BCUT2D eigenvalue weighted by Gasteiger charge is 2.13. The van der Waals surface area contributed by atoms with Gasteiger partial charge in [0, 0.05) is 6.54 Å². The van der Waals surface area contributed by atoms with Gasteiger partial charge in [-0.25, -0.2) is 4.68 Å². The number of rotatable bonds is 4. The third-order valence-electron chi connectivity index (χ3n) is 1.99. The predicted octanol–water partition coefficient (Wildman–Crippen LogP) is 1.86. The van der Waals surface area contributed by atoms with Gasteiger partial charge in [-0.3, -0.25) is 0 Å². The highest BCUT2D eigenvalue weighted by Crippen LogP contribution is 2.23. The van der Waals surface area contributed by atoms with E-state index >= 15 is 0 Å². The summed E-state index contributed by atoms with van der Waals surface area (Å²) in [7, 11) is 0. The minimum absolute atomic E-state index is 0.491. The van der Waals surface area contributed by atoms with Gasteiger partial charge in [0.2, 0.25) is 0 Å². The van der Waals surface area contributed by atoms with Crippen LogP contribution in [0.25, 0.3) is 0 Å². The number of nitriles is 1. The van der Waals surface area contributed by atoms with E-state index in [9.17, 15) is 0 Å². The van der Waals surface area contributed by atoms with Gasteiger partial charge in [-0.15, -0.1) is 11.8 Å². The highest BCUT2D eigenvalue weighted by molar-refractivity contribution is 7.98. The topological polar surface area (TPSA) is 67.6 Å². The Morgan fingerprint density at radius 1 is 1.64 bits per heavy atom. The number of nitrogens with zero attached hydrogens (tertiary/aromatic N) is 3. The second kappa shape index (κ2) is 4.91. The molecule has 0 aromatic carbocycles. The van der Waals surface area contributed by atoms with Gasteiger partial charge >= 0.3 is 0 Å². The maximum Gasteiger partial charge on any atom is 0.140 e. The molecule has 76 valence electrons. The molecule has 1 heterocycles. The number of anilines is 1. The molecule has 0 spiro atoms. The Hall–Kier alpha value is -1.15. The third kappa shape index (κ3) is 2.02. The monoisotopic (exact) mass is 210 g/mol. The molecular formula is C9H14N4S. The summed E-state index contributed by atoms with van der Waals surface area (Å²) in [6.45, 7) is 2.90. The standard InChI is InChI=1S/C9H14N4S/c1-3-4-5-13-8(11)7(6-10)9(12-13)14-2/h3-5,11H2,1-2H3. The number of hydrogen-bond donors (Lipinski definition) is 1. The first-order valence-electron chi connectivity index (χ1n) is 4.55. The van der Waals surface area contributed by atoms with Crippen molar-refractivity contribution in [3.63, 3.8) is 0 Å². The lowest BCUT2D eigenvalue weighted by Crippen LogP contribution is -2.04. The molecule has 4 nitrogen and oxygen atoms in total. The first-order chi connectivity index (χ1) is 6.74. The molecular weight excluding hydrogens is 196 g/mol. The number of unbranched alkanes of at least 4 members (excludes halogenated alkanes) is 1. The van der Waals surface area contributed by atoms with E-state index in [1.54, 1.807) is 4.68 Å². The zero-order valence-electron chi connectivity index (χ0n) is 8.45. The number of thioether (sulfide) groups is 1. The van der Waals surface area contributed by atoms with Crippen LogP contribution in [0.5, 0.6) is 0 Å². The average molecular weight is 210 g/mol. The van der Waals surface area contributed by atoms with Gasteiger partial charge in [-0.05, 0) is 12.7 Å². The van der Waals surface area contributed by atoms with E-state index in [0.29, 0.717) is 11.4 Å². The summed E-state index contributed by atoms with van der Waals surface area (Å²) in [4.78, 5) is 0. The van der Waals surface area contributed by atoms with Crippen LogP contribution in [0.15, 0.2) is 5.03 Å². The Labute approximate surface area is 88.1 Å². The summed E-state index contributed by atoms with van der Waals surface area (Å²) in [5.41, 5.74) is 6.30. The summed E-state index contributed by atoms with van der Waals surface area (Å²) >= 11 is 1.45. The van der Waals surface area contributed by atoms with Crippen molar-refractivity contribution in [3.8, 4) is 6.07 Å². The van der Waals surface area contributed by atoms with Crippen LogP contribution in [0.3, 0.4) is 0 Å². The second-order valence-electron chi connectivity index (χ2n) is 2.96. The number of aromatic nitrogens is 2. The van der Waals surface area contributed by atoms with Crippen molar-refractivity contribution in [2.24, 2.45) is 0 Å². The fourth-order valence-corrected chi connectivity index (χ4v) is 1.71. The van der Waals surface area contributed by atoms with Crippen LogP contribution >= 0.6 is 11.8 Å². The highest BCUT2D eigenvalue weighted by atomic mass is 32.2. The van der Waals surface area contributed by atoms with Gasteiger partial charge in [0.15, 0.2) is 0 Å². The summed E-state index contributed by atoms with van der Waals surface area (Å²) in [6.07, 6.45) is 4.02. The second-order valence-corrected chi connectivity index (χ2v) is 3.75. The Kier molecular flexibility index (Phi) is 3.84. The minimum Gasteiger partial charge on any atom is -0.383 e. The van der Waals surface area contributed by atoms with Gasteiger partial charge in [0.25, 0.3) is 0 Å². The van der Waals surface area contributed by atoms with Crippen molar-refractivity contribution >= 4 is 17.6 Å². The molecule has 0 unspecified atom stereocenters. The Bertz CT molecular complexity index is 350. The molecule has 0 saturated carbocycles. The first kappa shape index (κ1) is 10.9. The molecule has 14 heavy (non-hydrogen) atoms. The SMILES string of the molecule is CCCCn1nc(SC)c(C#N)c1N. The van der Waals surface area contributed by atoms with E-state index in [-0.39, 0.29) is 0 Å². The third-order valence-corrected chi connectivity index (χ3v) is 2.66. The predicted molar refractivity (Wildman–Crippen MR) is 58.0 cm³/mol. The van der Waals surface area contributed by atoms with E-state index in [0.717, 1.165) is 24.4 Å².